The highest BCUT2D eigenvalue weighted by Gasteiger charge is 2.31. The molecule has 3 rings (SSSR count). The number of halogens is 1. The molecule has 120 valence electrons. The van der Waals surface area contributed by atoms with E-state index < -0.39 is 5.97 Å². The first-order valence-electron chi connectivity index (χ1n) is 7.62. The Kier molecular flexibility index (Phi) is 4.55. The van der Waals surface area contributed by atoms with Crippen LogP contribution in [0.25, 0.3) is 0 Å². The molecule has 5 heteroatoms. The van der Waals surface area contributed by atoms with Gasteiger partial charge < -0.3 is 5.11 Å². The summed E-state index contributed by atoms with van der Waals surface area (Å²) >= 11 is 7.81. The van der Waals surface area contributed by atoms with Crippen LogP contribution in [0.1, 0.15) is 56.4 Å². The summed E-state index contributed by atoms with van der Waals surface area (Å²) in [6.07, 6.45) is 2.59. The van der Waals surface area contributed by atoms with Crippen molar-refractivity contribution in [3.63, 3.8) is 0 Å². The minimum atomic E-state index is -0.765. The van der Waals surface area contributed by atoms with Gasteiger partial charge in [-0.1, -0.05) is 23.7 Å². The summed E-state index contributed by atoms with van der Waals surface area (Å²) in [5.74, 6) is -0.527. The Hall–Kier alpha value is -1.65. The SMILES string of the molecule is Cc1sc2c(c1C(=O)c1ccccc1Cl)CCC2CCC(=O)O. The van der Waals surface area contributed by atoms with Crippen molar-refractivity contribution in [2.75, 3.05) is 0 Å². The molecule has 0 bridgehead atoms. The van der Waals surface area contributed by atoms with Gasteiger partial charge in [-0.3, -0.25) is 9.59 Å². The number of benzene rings is 1. The second-order valence-electron chi connectivity index (χ2n) is 5.85. The molecule has 1 aromatic carbocycles. The third-order valence-electron chi connectivity index (χ3n) is 4.38. The minimum Gasteiger partial charge on any atom is -0.481 e. The molecular weight excluding hydrogens is 332 g/mol. The van der Waals surface area contributed by atoms with E-state index in [0.29, 0.717) is 17.0 Å². The number of ketones is 1. The van der Waals surface area contributed by atoms with Crippen molar-refractivity contribution in [2.24, 2.45) is 0 Å². The Morgan fingerprint density at radius 3 is 2.78 bits per heavy atom. The maximum absolute atomic E-state index is 12.9. The van der Waals surface area contributed by atoms with Gasteiger partial charge in [-0.05, 0) is 49.8 Å². The van der Waals surface area contributed by atoms with Crippen LogP contribution >= 0.6 is 22.9 Å². The maximum atomic E-state index is 12.9. The molecule has 1 unspecified atom stereocenters. The Labute approximate surface area is 143 Å². The van der Waals surface area contributed by atoms with Crippen LogP contribution < -0.4 is 0 Å². The summed E-state index contributed by atoms with van der Waals surface area (Å²) in [6.45, 7) is 1.96. The summed E-state index contributed by atoms with van der Waals surface area (Å²) in [5.41, 5.74) is 2.41. The molecule has 1 aliphatic rings. The quantitative estimate of drug-likeness (QED) is 0.787. The zero-order valence-corrected chi connectivity index (χ0v) is 14.3. The first-order valence-corrected chi connectivity index (χ1v) is 8.81. The molecule has 0 spiro atoms. The fourth-order valence-corrected chi connectivity index (χ4v) is 4.89. The average molecular weight is 349 g/mol. The van der Waals surface area contributed by atoms with Crippen LogP contribution in [0.4, 0.5) is 0 Å². The number of rotatable bonds is 5. The van der Waals surface area contributed by atoms with E-state index in [-0.39, 0.29) is 18.1 Å². The third-order valence-corrected chi connectivity index (χ3v) is 6.02. The first kappa shape index (κ1) is 16.2. The standard InChI is InChI=1S/C18H17ClO3S/c1-10-16(17(22)12-4-2-3-5-14(12)19)13-8-6-11(18(13)23-10)7-9-15(20)21/h2-5,11H,6-9H2,1H3,(H,20,21). The lowest BCUT2D eigenvalue weighted by Gasteiger charge is -2.06. The Morgan fingerprint density at radius 1 is 1.35 bits per heavy atom. The zero-order chi connectivity index (χ0) is 16.6. The summed E-state index contributed by atoms with van der Waals surface area (Å²) in [4.78, 5) is 25.9. The van der Waals surface area contributed by atoms with E-state index in [0.717, 1.165) is 28.8 Å². The largest absolute Gasteiger partial charge is 0.481 e. The van der Waals surface area contributed by atoms with Crippen molar-refractivity contribution in [3.8, 4) is 0 Å². The number of carboxylic acid groups (broad SMARTS) is 1. The van der Waals surface area contributed by atoms with Gasteiger partial charge in [-0.25, -0.2) is 0 Å². The number of aliphatic carboxylic acids is 1. The van der Waals surface area contributed by atoms with Crippen molar-refractivity contribution >= 4 is 34.7 Å². The lowest BCUT2D eigenvalue weighted by Crippen LogP contribution is -2.05. The van der Waals surface area contributed by atoms with E-state index in [1.807, 2.05) is 19.1 Å². The van der Waals surface area contributed by atoms with Gasteiger partial charge in [0.1, 0.15) is 0 Å². The summed E-state index contributed by atoms with van der Waals surface area (Å²) < 4.78 is 0. The first-order chi connectivity index (χ1) is 11.0. The molecule has 1 N–H and O–H groups in total. The number of fused-ring (bicyclic) bond motifs is 1. The van der Waals surface area contributed by atoms with Crippen molar-refractivity contribution in [2.45, 2.75) is 38.5 Å². The highest BCUT2D eigenvalue weighted by atomic mass is 35.5. The summed E-state index contributed by atoms with van der Waals surface area (Å²) in [6, 6.07) is 7.11. The number of carboxylic acids is 1. The number of hydrogen-bond acceptors (Lipinski definition) is 3. The lowest BCUT2D eigenvalue weighted by atomic mass is 9.98. The average Bonchev–Trinajstić information content (AvgIpc) is 3.03. The molecule has 1 aromatic heterocycles. The molecule has 0 aliphatic heterocycles. The predicted molar refractivity (Wildman–Crippen MR) is 91.9 cm³/mol. The van der Waals surface area contributed by atoms with Crippen LogP contribution in [0.2, 0.25) is 5.02 Å². The highest BCUT2D eigenvalue weighted by molar-refractivity contribution is 7.12. The van der Waals surface area contributed by atoms with Crippen LogP contribution in [0, 0.1) is 6.92 Å². The van der Waals surface area contributed by atoms with Crippen LogP contribution in [-0.2, 0) is 11.2 Å². The molecule has 1 aliphatic carbocycles. The third kappa shape index (κ3) is 3.06. The fourth-order valence-electron chi connectivity index (χ4n) is 3.29. The fraction of sp³-hybridized carbons (Fsp3) is 0.333. The number of carbonyl (C=O) groups excluding carboxylic acids is 1. The lowest BCUT2D eigenvalue weighted by molar-refractivity contribution is -0.137. The predicted octanol–water partition coefficient (Wildman–Crippen LogP) is 4.84. The van der Waals surface area contributed by atoms with Crippen molar-refractivity contribution < 1.29 is 14.7 Å². The normalized spacial score (nSPS) is 16.3. The minimum absolute atomic E-state index is 0.0236. The van der Waals surface area contributed by atoms with Gasteiger partial charge in [0.2, 0.25) is 0 Å². The van der Waals surface area contributed by atoms with Crippen LogP contribution in [0.5, 0.6) is 0 Å². The van der Waals surface area contributed by atoms with Gasteiger partial charge in [0.15, 0.2) is 5.78 Å². The van der Waals surface area contributed by atoms with Crippen molar-refractivity contribution in [1.82, 2.24) is 0 Å². The molecule has 1 heterocycles. The van der Waals surface area contributed by atoms with Gasteiger partial charge in [-0.15, -0.1) is 11.3 Å². The summed E-state index contributed by atoms with van der Waals surface area (Å²) in [5, 5.41) is 9.35. The van der Waals surface area contributed by atoms with Crippen molar-refractivity contribution in [1.29, 1.82) is 0 Å². The molecular formula is C18H17ClO3S. The molecule has 3 nitrogen and oxygen atoms in total. The molecule has 0 saturated carbocycles. The van der Waals surface area contributed by atoms with Gasteiger partial charge in [0, 0.05) is 27.3 Å². The van der Waals surface area contributed by atoms with Gasteiger partial charge in [0.25, 0.3) is 0 Å². The molecule has 2 aromatic rings. The van der Waals surface area contributed by atoms with E-state index in [1.54, 1.807) is 23.5 Å². The Morgan fingerprint density at radius 2 is 2.09 bits per heavy atom. The number of carbonyl (C=O) groups is 2. The van der Waals surface area contributed by atoms with Crippen LogP contribution in [0.3, 0.4) is 0 Å². The number of hydrogen-bond donors (Lipinski definition) is 1. The monoisotopic (exact) mass is 348 g/mol. The van der Waals surface area contributed by atoms with Crippen molar-refractivity contribution in [3.05, 3.63) is 55.7 Å². The molecule has 0 saturated heterocycles. The van der Waals surface area contributed by atoms with E-state index in [2.05, 4.69) is 0 Å². The van der Waals surface area contributed by atoms with Crippen LogP contribution in [0.15, 0.2) is 24.3 Å². The topological polar surface area (TPSA) is 54.4 Å². The van der Waals surface area contributed by atoms with E-state index in [9.17, 15) is 9.59 Å². The van der Waals surface area contributed by atoms with E-state index in [4.69, 9.17) is 16.7 Å². The van der Waals surface area contributed by atoms with E-state index in [1.165, 1.54) is 4.88 Å². The smallest absolute Gasteiger partial charge is 0.303 e. The molecule has 0 fully saturated rings. The Balaban J connectivity index is 1.94. The summed E-state index contributed by atoms with van der Waals surface area (Å²) in [7, 11) is 0. The van der Waals surface area contributed by atoms with Gasteiger partial charge >= 0.3 is 5.97 Å². The van der Waals surface area contributed by atoms with Gasteiger partial charge in [0.05, 0.1) is 5.02 Å². The number of aryl methyl sites for hydroxylation is 1. The zero-order valence-electron chi connectivity index (χ0n) is 12.8. The van der Waals surface area contributed by atoms with Crippen LogP contribution in [-0.4, -0.2) is 16.9 Å². The molecule has 1 atom stereocenters. The number of thiophene rings is 1. The molecule has 0 amide bonds. The molecule has 0 radical (unpaired) electrons. The van der Waals surface area contributed by atoms with E-state index >= 15 is 0 Å². The highest BCUT2D eigenvalue weighted by Crippen LogP contribution is 2.45. The second-order valence-corrected chi connectivity index (χ2v) is 7.52. The van der Waals surface area contributed by atoms with Gasteiger partial charge in [-0.2, -0.15) is 0 Å². The Bertz CT molecular complexity index is 779. The molecule has 23 heavy (non-hydrogen) atoms. The maximum Gasteiger partial charge on any atom is 0.303 e. The second kappa shape index (κ2) is 6.46.